The molecule has 1 amide bonds. The minimum absolute atomic E-state index is 0.0159. The van der Waals surface area contributed by atoms with Gasteiger partial charge in [0.25, 0.3) is 0 Å². The Hall–Kier alpha value is -1.82. The van der Waals surface area contributed by atoms with Crippen LogP contribution < -0.4 is 0 Å². The van der Waals surface area contributed by atoms with E-state index in [4.69, 9.17) is 23.2 Å². The molecule has 1 heterocycles. The number of amides is 1. The molecule has 1 aliphatic rings. The molecule has 0 saturated carbocycles. The Labute approximate surface area is 169 Å². The highest BCUT2D eigenvalue weighted by Crippen LogP contribution is 2.24. The van der Waals surface area contributed by atoms with E-state index in [-0.39, 0.29) is 30.0 Å². The van der Waals surface area contributed by atoms with E-state index < -0.39 is 9.84 Å². The van der Waals surface area contributed by atoms with Gasteiger partial charge in [-0.15, -0.1) is 0 Å². The lowest BCUT2D eigenvalue weighted by atomic mass is 10.1. The Morgan fingerprint density at radius 1 is 1.11 bits per heavy atom. The molecular formula is C20H19Cl2NO3S. The quantitative estimate of drug-likeness (QED) is 0.676. The molecule has 1 fully saturated rings. The van der Waals surface area contributed by atoms with E-state index in [1.54, 1.807) is 29.2 Å². The summed E-state index contributed by atoms with van der Waals surface area (Å²) < 4.78 is 23.8. The first-order chi connectivity index (χ1) is 12.8. The van der Waals surface area contributed by atoms with E-state index >= 15 is 0 Å². The number of hydrogen-bond donors (Lipinski definition) is 0. The van der Waals surface area contributed by atoms with Crippen LogP contribution in [0.15, 0.2) is 54.6 Å². The average Bonchev–Trinajstić information content (AvgIpc) is 3.00. The number of hydrogen-bond acceptors (Lipinski definition) is 3. The lowest BCUT2D eigenvalue weighted by Crippen LogP contribution is -2.39. The number of carbonyl (C=O) groups excluding carboxylic acids is 1. The molecule has 0 unspecified atom stereocenters. The zero-order valence-electron chi connectivity index (χ0n) is 14.5. The van der Waals surface area contributed by atoms with Gasteiger partial charge in [0.2, 0.25) is 5.91 Å². The number of sulfone groups is 1. The van der Waals surface area contributed by atoms with Crippen LogP contribution in [-0.2, 0) is 21.2 Å². The van der Waals surface area contributed by atoms with Gasteiger partial charge in [-0.1, -0.05) is 53.5 Å². The van der Waals surface area contributed by atoms with Gasteiger partial charge in [0.1, 0.15) is 0 Å². The fourth-order valence-corrected chi connectivity index (χ4v) is 5.11. The van der Waals surface area contributed by atoms with E-state index in [1.807, 2.05) is 30.3 Å². The van der Waals surface area contributed by atoms with E-state index in [0.29, 0.717) is 16.5 Å². The number of nitrogens with zero attached hydrogens (tertiary/aromatic N) is 1. The van der Waals surface area contributed by atoms with Crippen molar-refractivity contribution in [2.45, 2.75) is 19.0 Å². The predicted octanol–water partition coefficient (Wildman–Crippen LogP) is 4.22. The molecule has 3 rings (SSSR count). The molecule has 1 saturated heterocycles. The smallest absolute Gasteiger partial charge is 0.247 e. The zero-order chi connectivity index (χ0) is 19.4. The summed E-state index contributed by atoms with van der Waals surface area (Å²) in [5.74, 6) is -0.157. The second-order valence-corrected chi connectivity index (χ2v) is 9.57. The van der Waals surface area contributed by atoms with Gasteiger partial charge in [-0.3, -0.25) is 4.79 Å². The Kier molecular flexibility index (Phi) is 6.25. The molecule has 0 radical (unpaired) electrons. The average molecular weight is 424 g/mol. The summed E-state index contributed by atoms with van der Waals surface area (Å²) >= 11 is 12.1. The molecule has 2 aromatic rings. The maximum atomic E-state index is 12.9. The Bertz CT molecular complexity index is 955. The van der Waals surface area contributed by atoms with Crippen LogP contribution in [0.25, 0.3) is 6.08 Å². The molecule has 1 aliphatic heterocycles. The third kappa shape index (κ3) is 5.34. The van der Waals surface area contributed by atoms with Crippen molar-refractivity contribution in [1.29, 1.82) is 0 Å². The fraction of sp³-hybridized carbons (Fsp3) is 0.250. The maximum absolute atomic E-state index is 12.9. The molecule has 0 aliphatic carbocycles. The number of rotatable bonds is 5. The summed E-state index contributed by atoms with van der Waals surface area (Å²) in [5.41, 5.74) is 1.63. The topological polar surface area (TPSA) is 54.5 Å². The van der Waals surface area contributed by atoms with Crippen molar-refractivity contribution in [2.24, 2.45) is 0 Å². The molecule has 27 heavy (non-hydrogen) atoms. The summed E-state index contributed by atoms with van der Waals surface area (Å²) in [6, 6.07) is 14.0. The van der Waals surface area contributed by atoms with Crippen LogP contribution in [0.3, 0.4) is 0 Å². The van der Waals surface area contributed by atoms with Crippen LogP contribution >= 0.6 is 23.2 Å². The standard InChI is InChI=1S/C20H19Cl2NO3S/c21-17-8-5-15(6-9-17)7-10-20(24)23(18-11-12-27(25,26)14-18)13-16-3-1-2-4-19(16)22/h1-10,18H,11-14H2/b10-7+/t18-/m0/s1. The Morgan fingerprint density at radius 2 is 1.81 bits per heavy atom. The monoisotopic (exact) mass is 423 g/mol. The molecule has 142 valence electrons. The first-order valence-corrected chi connectivity index (χ1v) is 11.1. The van der Waals surface area contributed by atoms with Crippen molar-refractivity contribution in [3.8, 4) is 0 Å². The van der Waals surface area contributed by atoms with Crippen LogP contribution in [-0.4, -0.2) is 36.8 Å². The van der Waals surface area contributed by atoms with Gasteiger partial charge in [0.05, 0.1) is 11.5 Å². The van der Waals surface area contributed by atoms with Crippen LogP contribution in [0.4, 0.5) is 0 Å². The minimum atomic E-state index is -3.11. The van der Waals surface area contributed by atoms with Gasteiger partial charge < -0.3 is 4.90 Å². The van der Waals surface area contributed by atoms with Crippen LogP contribution in [0.1, 0.15) is 17.5 Å². The van der Waals surface area contributed by atoms with E-state index in [1.165, 1.54) is 6.08 Å². The molecule has 1 atom stereocenters. The maximum Gasteiger partial charge on any atom is 0.247 e. The summed E-state index contributed by atoms with van der Waals surface area (Å²) in [4.78, 5) is 14.5. The van der Waals surface area contributed by atoms with Crippen molar-refractivity contribution < 1.29 is 13.2 Å². The molecule has 0 N–H and O–H groups in total. The summed E-state index contributed by atoms with van der Waals surface area (Å²) in [6.45, 7) is 0.268. The zero-order valence-corrected chi connectivity index (χ0v) is 16.8. The Balaban J connectivity index is 1.83. The molecule has 2 aromatic carbocycles. The lowest BCUT2D eigenvalue weighted by Gasteiger charge is -2.27. The highest BCUT2D eigenvalue weighted by atomic mass is 35.5. The van der Waals surface area contributed by atoms with E-state index in [2.05, 4.69) is 0 Å². The minimum Gasteiger partial charge on any atom is -0.331 e. The van der Waals surface area contributed by atoms with Crippen molar-refractivity contribution in [2.75, 3.05) is 11.5 Å². The Morgan fingerprint density at radius 3 is 2.44 bits per heavy atom. The molecule has 0 bridgehead atoms. The van der Waals surface area contributed by atoms with Crippen LogP contribution in [0.5, 0.6) is 0 Å². The van der Waals surface area contributed by atoms with Gasteiger partial charge in [-0.25, -0.2) is 8.42 Å². The third-order valence-corrected chi connectivity index (χ3v) is 6.89. The van der Waals surface area contributed by atoms with Crippen molar-refractivity contribution in [3.63, 3.8) is 0 Å². The van der Waals surface area contributed by atoms with Crippen LogP contribution in [0.2, 0.25) is 10.0 Å². The second kappa shape index (κ2) is 8.46. The molecule has 0 spiro atoms. The van der Waals surface area contributed by atoms with E-state index in [9.17, 15) is 13.2 Å². The fourth-order valence-electron chi connectivity index (χ4n) is 3.06. The molecule has 7 heteroatoms. The molecular weight excluding hydrogens is 405 g/mol. The van der Waals surface area contributed by atoms with Crippen molar-refractivity contribution in [3.05, 3.63) is 75.8 Å². The van der Waals surface area contributed by atoms with Crippen molar-refractivity contribution in [1.82, 2.24) is 4.90 Å². The summed E-state index contributed by atoms with van der Waals surface area (Å²) in [7, 11) is -3.11. The first kappa shape index (κ1) is 19.9. The first-order valence-electron chi connectivity index (χ1n) is 8.52. The number of halogens is 2. The molecule has 4 nitrogen and oxygen atoms in total. The molecule has 0 aromatic heterocycles. The highest BCUT2D eigenvalue weighted by Gasteiger charge is 2.34. The highest BCUT2D eigenvalue weighted by molar-refractivity contribution is 7.91. The van der Waals surface area contributed by atoms with Gasteiger partial charge >= 0.3 is 0 Å². The van der Waals surface area contributed by atoms with Gasteiger partial charge in [-0.2, -0.15) is 0 Å². The second-order valence-electron chi connectivity index (χ2n) is 6.50. The van der Waals surface area contributed by atoms with Crippen LogP contribution in [0, 0.1) is 0 Å². The van der Waals surface area contributed by atoms with Crippen molar-refractivity contribution >= 4 is 45.0 Å². The summed E-state index contributed by atoms with van der Waals surface area (Å²) in [5, 5.41) is 1.17. The van der Waals surface area contributed by atoms with Gasteiger partial charge in [-0.05, 0) is 41.8 Å². The largest absolute Gasteiger partial charge is 0.331 e. The summed E-state index contributed by atoms with van der Waals surface area (Å²) in [6.07, 6.45) is 3.60. The van der Waals surface area contributed by atoms with E-state index in [0.717, 1.165) is 11.1 Å². The predicted molar refractivity (Wildman–Crippen MR) is 110 cm³/mol. The SMILES string of the molecule is O=C(/C=C/c1ccc(Cl)cc1)N(Cc1ccccc1Cl)[C@H]1CCS(=O)(=O)C1. The number of carbonyl (C=O) groups is 1. The van der Waals surface area contributed by atoms with Gasteiger partial charge in [0.15, 0.2) is 9.84 Å². The number of benzene rings is 2. The van der Waals surface area contributed by atoms with Gasteiger partial charge in [0, 0.05) is 28.7 Å². The third-order valence-electron chi connectivity index (χ3n) is 4.52. The normalized spacial score (nSPS) is 18.7. The lowest BCUT2D eigenvalue weighted by molar-refractivity contribution is -0.128.